The van der Waals surface area contributed by atoms with Crippen LogP contribution in [0.2, 0.25) is 0 Å². The van der Waals surface area contributed by atoms with Crippen molar-refractivity contribution in [1.82, 2.24) is 0 Å². The smallest absolute Gasteiger partial charge is 0.458 e. The van der Waals surface area contributed by atoms with Crippen LogP contribution in [0.4, 0.5) is 4.79 Å². The van der Waals surface area contributed by atoms with Crippen molar-refractivity contribution in [2.24, 2.45) is 5.92 Å². The average Bonchev–Trinajstić information content (AvgIpc) is 3.05. The monoisotopic (exact) mass is 414 g/mol. The van der Waals surface area contributed by atoms with Crippen LogP contribution in [-0.4, -0.2) is 41.6 Å². The Morgan fingerprint density at radius 2 is 1.87 bits per heavy atom. The predicted molar refractivity (Wildman–Crippen MR) is 113 cm³/mol. The number of rotatable bonds is 2. The number of hydrogen-bond donors (Lipinski definition) is 1. The minimum atomic E-state index is -1.01. The quantitative estimate of drug-likeness (QED) is 0.572. The van der Waals surface area contributed by atoms with Gasteiger partial charge in [0, 0.05) is 12.3 Å². The third-order valence-corrected chi connectivity index (χ3v) is 5.66. The van der Waals surface area contributed by atoms with Gasteiger partial charge in [-0.1, -0.05) is 56.7 Å². The number of aryl methyl sites for hydroxylation is 2. The molecular weight excluding hydrogens is 384 g/mol. The lowest BCUT2D eigenvalue weighted by Gasteiger charge is -2.22. The van der Waals surface area contributed by atoms with Gasteiger partial charge in [0.05, 0.1) is 5.56 Å². The van der Waals surface area contributed by atoms with Crippen molar-refractivity contribution in [1.29, 1.82) is 0 Å². The Bertz CT molecular complexity index is 855. The van der Waals surface area contributed by atoms with Crippen LogP contribution in [0.1, 0.15) is 60.7 Å². The SMILES string of the molecule is CCCc1cc(C)c2c(c1)/C=C/C[C@@H]1OC(=O)O[C@@H]1[C@H](O)/C=C\[C@@H](C)[C@H](C)OC2=O. The first kappa shape index (κ1) is 22.1. The number of benzene rings is 1. The molecule has 0 amide bonds. The molecular formula is C24H30O6. The first-order chi connectivity index (χ1) is 14.3. The van der Waals surface area contributed by atoms with Gasteiger partial charge in [0.2, 0.25) is 0 Å². The molecule has 1 aromatic rings. The first-order valence-corrected chi connectivity index (χ1v) is 10.5. The van der Waals surface area contributed by atoms with Crippen molar-refractivity contribution < 1.29 is 28.9 Å². The number of aliphatic hydroxyl groups is 1. The van der Waals surface area contributed by atoms with E-state index in [9.17, 15) is 14.7 Å². The van der Waals surface area contributed by atoms with Crippen molar-refractivity contribution in [3.8, 4) is 0 Å². The van der Waals surface area contributed by atoms with Crippen LogP contribution in [0.15, 0.2) is 30.4 Å². The number of carbonyl (C=O) groups is 2. The van der Waals surface area contributed by atoms with Crippen LogP contribution in [0.5, 0.6) is 0 Å². The number of fused-ring (bicyclic) bond motifs is 2. The van der Waals surface area contributed by atoms with Gasteiger partial charge in [0.1, 0.15) is 18.3 Å². The second kappa shape index (κ2) is 9.47. The topological polar surface area (TPSA) is 82.1 Å². The van der Waals surface area contributed by atoms with Gasteiger partial charge < -0.3 is 19.3 Å². The number of aliphatic hydroxyl groups excluding tert-OH is 1. The fraction of sp³-hybridized carbons (Fsp3) is 0.500. The molecule has 1 saturated heterocycles. The van der Waals surface area contributed by atoms with Crippen LogP contribution in [-0.2, 0) is 20.6 Å². The Hall–Kier alpha value is -2.60. The van der Waals surface area contributed by atoms with Gasteiger partial charge >= 0.3 is 12.1 Å². The van der Waals surface area contributed by atoms with Crippen LogP contribution in [0.3, 0.4) is 0 Å². The largest absolute Gasteiger partial charge is 0.509 e. The minimum Gasteiger partial charge on any atom is -0.458 e. The maximum Gasteiger partial charge on any atom is 0.509 e. The molecule has 0 unspecified atom stereocenters. The van der Waals surface area contributed by atoms with E-state index in [1.54, 1.807) is 12.2 Å². The van der Waals surface area contributed by atoms with E-state index in [0.717, 1.165) is 29.5 Å². The molecule has 162 valence electrons. The second-order valence-electron chi connectivity index (χ2n) is 8.10. The molecule has 2 aliphatic heterocycles. The van der Waals surface area contributed by atoms with Gasteiger partial charge in [-0.05, 0) is 37.0 Å². The molecule has 0 aliphatic carbocycles. The fourth-order valence-electron chi connectivity index (χ4n) is 3.83. The number of esters is 1. The highest BCUT2D eigenvalue weighted by Gasteiger charge is 2.40. The lowest BCUT2D eigenvalue weighted by Crippen LogP contribution is -2.34. The standard InChI is InChI=1S/C24H30O6/c1-5-7-17-12-15(3)21-18(13-17)8-6-9-20-22(30-24(27)29-20)19(25)11-10-14(2)16(4)28-23(21)26/h6,8,10-14,16,19-20,22,25H,5,7,9H2,1-4H3/b8-6+,11-10-/t14-,16+,19-,20+,22-/m1/s1. The summed E-state index contributed by atoms with van der Waals surface area (Å²) in [6.07, 6.45) is 5.76. The summed E-state index contributed by atoms with van der Waals surface area (Å²) in [6.45, 7) is 7.76. The summed E-state index contributed by atoms with van der Waals surface area (Å²) in [5.41, 5.74) is 3.35. The summed E-state index contributed by atoms with van der Waals surface area (Å²) in [7, 11) is 0. The van der Waals surface area contributed by atoms with Gasteiger partial charge in [0.25, 0.3) is 0 Å². The number of carbonyl (C=O) groups excluding carboxylic acids is 2. The number of cyclic esters (lactones) is 1. The Morgan fingerprint density at radius 3 is 2.60 bits per heavy atom. The fourth-order valence-corrected chi connectivity index (χ4v) is 3.83. The summed E-state index contributed by atoms with van der Waals surface area (Å²) < 4.78 is 16.2. The molecule has 3 rings (SSSR count). The average molecular weight is 414 g/mol. The van der Waals surface area contributed by atoms with E-state index in [1.165, 1.54) is 0 Å². The molecule has 0 radical (unpaired) electrons. The van der Waals surface area contributed by atoms with Crippen LogP contribution < -0.4 is 0 Å². The van der Waals surface area contributed by atoms with Gasteiger partial charge in [0.15, 0.2) is 6.10 Å². The van der Waals surface area contributed by atoms with E-state index < -0.39 is 30.6 Å². The molecule has 6 heteroatoms. The molecule has 0 saturated carbocycles. The molecule has 2 aliphatic rings. The van der Waals surface area contributed by atoms with Gasteiger partial charge in [-0.3, -0.25) is 0 Å². The number of hydrogen-bond acceptors (Lipinski definition) is 6. The molecule has 5 atom stereocenters. The maximum atomic E-state index is 13.0. The third kappa shape index (κ3) is 4.93. The molecule has 2 heterocycles. The zero-order chi connectivity index (χ0) is 21.8. The highest BCUT2D eigenvalue weighted by Crippen LogP contribution is 2.26. The second-order valence-corrected chi connectivity index (χ2v) is 8.10. The van der Waals surface area contributed by atoms with Gasteiger partial charge in [-0.15, -0.1) is 0 Å². The van der Waals surface area contributed by atoms with E-state index in [0.29, 0.717) is 12.0 Å². The highest BCUT2D eigenvalue weighted by molar-refractivity contribution is 5.95. The van der Waals surface area contributed by atoms with Crippen molar-refractivity contribution in [2.45, 2.75) is 71.4 Å². The lowest BCUT2D eigenvalue weighted by atomic mass is 9.95. The van der Waals surface area contributed by atoms with E-state index in [1.807, 2.05) is 45.1 Å². The van der Waals surface area contributed by atoms with Crippen LogP contribution in [0.25, 0.3) is 6.08 Å². The van der Waals surface area contributed by atoms with E-state index >= 15 is 0 Å². The van der Waals surface area contributed by atoms with E-state index in [4.69, 9.17) is 14.2 Å². The van der Waals surface area contributed by atoms with Crippen molar-refractivity contribution in [3.63, 3.8) is 0 Å². The summed E-state index contributed by atoms with van der Waals surface area (Å²) in [6, 6.07) is 4.04. The zero-order valence-electron chi connectivity index (χ0n) is 18.0. The highest BCUT2D eigenvalue weighted by atomic mass is 16.8. The summed E-state index contributed by atoms with van der Waals surface area (Å²) in [5, 5.41) is 10.5. The summed E-state index contributed by atoms with van der Waals surface area (Å²) >= 11 is 0. The van der Waals surface area contributed by atoms with Gasteiger partial charge in [-0.25, -0.2) is 9.59 Å². The van der Waals surface area contributed by atoms with E-state index in [-0.39, 0.29) is 11.9 Å². The summed E-state index contributed by atoms with van der Waals surface area (Å²) in [5.74, 6) is -0.504. The normalized spacial score (nSPS) is 31.4. The van der Waals surface area contributed by atoms with Crippen molar-refractivity contribution >= 4 is 18.2 Å². The molecule has 0 spiro atoms. The van der Waals surface area contributed by atoms with Crippen LogP contribution >= 0.6 is 0 Å². The van der Waals surface area contributed by atoms with Crippen molar-refractivity contribution in [2.75, 3.05) is 0 Å². The predicted octanol–water partition coefficient (Wildman–Crippen LogP) is 4.37. The lowest BCUT2D eigenvalue weighted by molar-refractivity contribution is 0.0256. The molecule has 1 aromatic carbocycles. The first-order valence-electron chi connectivity index (χ1n) is 10.5. The van der Waals surface area contributed by atoms with Crippen molar-refractivity contribution in [3.05, 3.63) is 52.6 Å². The summed E-state index contributed by atoms with van der Waals surface area (Å²) in [4.78, 5) is 24.6. The molecule has 30 heavy (non-hydrogen) atoms. The Morgan fingerprint density at radius 1 is 1.10 bits per heavy atom. The molecule has 1 fully saturated rings. The zero-order valence-corrected chi connectivity index (χ0v) is 18.0. The third-order valence-electron chi connectivity index (χ3n) is 5.66. The Kier molecular flexibility index (Phi) is 6.98. The van der Waals surface area contributed by atoms with E-state index in [2.05, 4.69) is 6.92 Å². The minimum absolute atomic E-state index is 0.137. The Balaban J connectivity index is 2.02. The Labute approximate surface area is 177 Å². The molecule has 0 aromatic heterocycles. The molecule has 1 N–H and O–H groups in total. The van der Waals surface area contributed by atoms with Crippen LogP contribution in [0, 0.1) is 12.8 Å². The number of ether oxygens (including phenoxy) is 3. The maximum absolute atomic E-state index is 13.0. The molecule has 6 nitrogen and oxygen atoms in total. The van der Waals surface area contributed by atoms with Gasteiger partial charge in [-0.2, -0.15) is 0 Å². The molecule has 0 bridgehead atoms.